The van der Waals surface area contributed by atoms with Gasteiger partial charge in [0.05, 0.1) is 0 Å². The van der Waals surface area contributed by atoms with E-state index in [9.17, 15) is 0 Å². The Labute approximate surface area is 77.7 Å². The maximum atomic E-state index is 5.26. The molecule has 0 saturated carbocycles. The fraction of sp³-hybridized carbons (Fsp3) is 0.273. The molecule has 1 aromatic carbocycles. The molecule has 0 fully saturated rings. The molecule has 68 valence electrons. The van der Waals surface area contributed by atoms with Crippen LogP contribution in [-0.2, 0) is 15.4 Å². The van der Waals surface area contributed by atoms with Crippen LogP contribution in [0.15, 0.2) is 42.5 Å². The second-order valence-electron chi connectivity index (χ2n) is 3.24. The molecule has 0 aliphatic carbocycles. The van der Waals surface area contributed by atoms with Gasteiger partial charge in [0.2, 0.25) is 0 Å². The van der Waals surface area contributed by atoms with E-state index in [2.05, 4.69) is 0 Å². The zero-order valence-corrected chi connectivity index (χ0v) is 7.57. The largest absolute Gasteiger partial charge is 0.231 e. The van der Waals surface area contributed by atoms with Crippen LogP contribution in [0.1, 0.15) is 12.5 Å². The molecule has 1 aliphatic rings. The van der Waals surface area contributed by atoms with Crippen LogP contribution >= 0.6 is 0 Å². The summed E-state index contributed by atoms with van der Waals surface area (Å²) in [4.78, 5) is 10.2. The van der Waals surface area contributed by atoms with Gasteiger partial charge >= 0.3 is 0 Å². The van der Waals surface area contributed by atoms with Crippen LogP contribution in [0.4, 0.5) is 0 Å². The third-order valence-corrected chi connectivity index (χ3v) is 2.18. The van der Waals surface area contributed by atoms with Crippen molar-refractivity contribution < 1.29 is 9.78 Å². The molecule has 0 saturated heterocycles. The third kappa shape index (κ3) is 1.64. The van der Waals surface area contributed by atoms with Crippen LogP contribution in [0.2, 0.25) is 0 Å². The standard InChI is InChI=1S/C11H12O2/c1-11(8-5-9-12-13-11)10-6-3-2-4-7-10/h2-8H,9H2,1H3/t11-/m0/s1. The smallest absolute Gasteiger partial charge is 0.144 e. The Morgan fingerprint density at radius 3 is 2.62 bits per heavy atom. The van der Waals surface area contributed by atoms with Gasteiger partial charge in [-0.15, -0.1) is 0 Å². The Morgan fingerprint density at radius 1 is 1.23 bits per heavy atom. The Bertz CT molecular complexity index is 305. The lowest BCUT2D eigenvalue weighted by Crippen LogP contribution is -2.26. The van der Waals surface area contributed by atoms with E-state index in [-0.39, 0.29) is 0 Å². The quantitative estimate of drug-likeness (QED) is 0.483. The van der Waals surface area contributed by atoms with Crippen LogP contribution in [0.5, 0.6) is 0 Å². The average Bonchev–Trinajstić information content (AvgIpc) is 2.20. The van der Waals surface area contributed by atoms with Crippen LogP contribution in [0.3, 0.4) is 0 Å². The first kappa shape index (κ1) is 8.48. The molecule has 0 bridgehead atoms. The molecule has 0 N–H and O–H groups in total. The third-order valence-electron chi connectivity index (χ3n) is 2.18. The van der Waals surface area contributed by atoms with Crippen molar-refractivity contribution in [2.75, 3.05) is 6.61 Å². The van der Waals surface area contributed by atoms with Crippen molar-refractivity contribution in [2.45, 2.75) is 12.5 Å². The lowest BCUT2D eigenvalue weighted by molar-refractivity contribution is -0.349. The summed E-state index contributed by atoms with van der Waals surface area (Å²) >= 11 is 0. The lowest BCUT2D eigenvalue weighted by atomic mass is 9.95. The molecule has 0 unspecified atom stereocenters. The van der Waals surface area contributed by atoms with E-state index >= 15 is 0 Å². The van der Waals surface area contributed by atoms with Crippen LogP contribution in [0.25, 0.3) is 0 Å². The summed E-state index contributed by atoms with van der Waals surface area (Å²) in [5.41, 5.74) is 0.672. The molecule has 13 heavy (non-hydrogen) atoms. The molecule has 2 rings (SSSR count). The summed E-state index contributed by atoms with van der Waals surface area (Å²) in [6.45, 7) is 2.51. The minimum absolute atomic E-state index is 0.431. The van der Waals surface area contributed by atoms with E-state index < -0.39 is 5.60 Å². The monoisotopic (exact) mass is 176 g/mol. The van der Waals surface area contributed by atoms with Crippen molar-refractivity contribution >= 4 is 0 Å². The predicted octanol–water partition coefficient (Wildman–Crippen LogP) is 2.42. The zero-order valence-electron chi connectivity index (χ0n) is 7.57. The van der Waals surface area contributed by atoms with Gasteiger partial charge in [-0.25, -0.2) is 9.78 Å². The summed E-state index contributed by atoms with van der Waals surface area (Å²) in [6.07, 6.45) is 3.99. The topological polar surface area (TPSA) is 18.5 Å². The second kappa shape index (κ2) is 3.32. The van der Waals surface area contributed by atoms with Crippen molar-refractivity contribution in [1.82, 2.24) is 0 Å². The van der Waals surface area contributed by atoms with Gasteiger partial charge in [0, 0.05) is 0 Å². The van der Waals surface area contributed by atoms with Gasteiger partial charge < -0.3 is 0 Å². The minimum atomic E-state index is -0.431. The zero-order chi connectivity index (χ0) is 9.15. The summed E-state index contributed by atoms with van der Waals surface area (Å²) < 4.78 is 0. The van der Waals surface area contributed by atoms with Crippen molar-refractivity contribution in [3.8, 4) is 0 Å². The fourth-order valence-electron chi connectivity index (χ4n) is 1.41. The first-order valence-electron chi connectivity index (χ1n) is 4.35. The molecule has 2 nitrogen and oxygen atoms in total. The molecule has 1 heterocycles. The number of hydrogen-bond donors (Lipinski definition) is 0. The van der Waals surface area contributed by atoms with E-state index in [0.29, 0.717) is 6.61 Å². The highest BCUT2D eigenvalue weighted by Crippen LogP contribution is 2.28. The Morgan fingerprint density at radius 2 is 2.00 bits per heavy atom. The van der Waals surface area contributed by atoms with Gasteiger partial charge in [-0.3, -0.25) is 0 Å². The van der Waals surface area contributed by atoms with Crippen LogP contribution < -0.4 is 0 Å². The second-order valence-corrected chi connectivity index (χ2v) is 3.24. The first-order chi connectivity index (χ1) is 6.31. The predicted molar refractivity (Wildman–Crippen MR) is 50.0 cm³/mol. The molecular formula is C11H12O2. The molecule has 1 aromatic rings. The van der Waals surface area contributed by atoms with Crippen LogP contribution in [0, 0.1) is 0 Å². The van der Waals surface area contributed by atoms with Crippen molar-refractivity contribution in [3.05, 3.63) is 48.0 Å². The van der Waals surface area contributed by atoms with Gasteiger partial charge in [0.1, 0.15) is 12.2 Å². The molecule has 0 radical (unpaired) electrons. The van der Waals surface area contributed by atoms with E-state index in [1.165, 1.54) is 0 Å². The molecule has 2 heteroatoms. The van der Waals surface area contributed by atoms with Gasteiger partial charge in [-0.2, -0.15) is 0 Å². The molecular weight excluding hydrogens is 164 g/mol. The SMILES string of the molecule is C[C@@]1(c2ccccc2)C=CCOO1. The molecule has 1 aliphatic heterocycles. The normalized spacial score (nSPS) is 27.5. The summed E-state index contributed by atoms with van der Waals surface area (Å²) in [6, 6.07) is 10.0. The fourth-order valence-corrected chi connectivity index (χ4v) is 1.41. The molecule has 1 atom stereocenters. The van der Waals surface area contributed by atoms with E-state index in [0.717, 1.165) is 5.56 Å². The number of hydrogen-bond acceptors (Lipinski definition) is 2. The van der Waals surface area contributed by atoms with E-state index in [1.807, 2.05) is 49.4 Å². The molecule has 0 spiro atoms. The first-order valence-corrected chi connectivity index (χ1v) is 4.35. The van der Waals surface area contributed by atoms with Crippen molar-refractivity contribution in [1.29, 1.82) is 0 Å². The van der Waals surface area contributed by atoms with Crippen molar-refractivity contribution in [3.63, 3.8) is 0 Å². The summed E-state index contributed by atoms with van der Waals surface area (Å²) in [7, 11) is 0. The Hall–Kier alpha value is -1.12. The number of rotatable bonds is 1. The van der Waals surface area contributed by atoms with Crippen LogP contribution in [-0.4, -0.2) is 6.61 Å². The highest BCUT2D eigenvalue weighted by Gasteiger charge is 2.27. The van der Waals surface area contributed by atoms with Gasteiger partial charge in [0.15, 0.2) is 0 Å². The Kier molecular flexibility index (Phi) is 2.17. The maximum Gasteiger partial charge on any atom is 0.144 e. The summed E-state index contributed by atoms with van der Waals surface area (Å²) in [5, 5.41) is 0. The summed E-state index contributed by atoms with van der Waals surface area (Å²) in [5.74, 6) is 0. The molecule has 0 aromatic heterocycles. The van der Waals surface area contributed by atoms with E-state index in [4.69, 9.17) is 9.78 Å². The number of benzene rings is 1. The van der Waals surface area contributed by atoms with Gasteiger partial charge in [0.25, 0.3) is 0 Å². The van der Waals surface area contributed by atoms with Gasteiger partial charge in [-0.1, -0.05) is 36.4 Å². The highest BCUT2D eigenvalue weighted by molar-refractivity contribution is 5.26. The van der Waals surface area contributed by atoms with E-state index in [1.54, 1.807) is 0 Å². The maximum absolute atomic E-state index is 5.26. The lowest BCUT2D eigenvalue weighted by Gasteiger charge is -2.27. The highest BCUT2D eigenvalue weighted by atomic mass is 17.2. The average molecular weight is 176 g/mol. The Balaban J connectivity index is 2.34. The minimum Gasteiger partial charge on any atom is -0.231 e. The molecule has 0 amide bonds. The van der Waals surface area contributed by atoms with Gasteiger partial charge in [-0.05, 0) is 18.6 Å². The van der Waals surface area contributed by atoms with Crippen molar-refractivity contribution in [2.24, 2.45) is 0 Å².